The molecule has 214 valence electrons. The molecule has 2 aliphatic heterocycles. The predicted octanol–water partition coefficient (Wildman–Crippen LogP) is 5.98. The molecule has 0 bridgehead atoms. The normalized spacial score (nSPS) is 19.2. The summed E-state index contributed by atoms with van der Waals surface area (Å²) in [5, 5.41) is 0.577. The number of halogens is 1. The number of hydrogen-bond donors (Lipinski definition) is 0. The van der Waals surface area contributed by atoms with Gasteiger partial charge in [0, 0.05) is 61.6 Å². The second kappa shape index (κ2) is 12.8. The second-order valence-electron chi connectivity index (χ2n) is 11.7. The first-order valence-electron chi connectivity index (χ1n) is 15.0. The zero-order chi connectivity index (χ0) is 28.2. The van der Waals surface area contributed by atoms with E-state index in [2.05, 4.69) is 34.1 Å². The molecule has 2 amide bonds. The molecule has 1 saturated carbocycles. The fraction of sp³-hybridized carbons (Fsp3) is 0.412. The number of fused-ring (bicyclic) bond motifs is 1. The van der Waals surface area contributed by atoms with E-state index in [-0.39, 0.29) is 18.4 Å². The Bertz CT molecular complexity index is 1350. The lowest BCUT2D eigenvalue weighted by Crippen LogP contribution is -2.50. The molecule has 3 aromatic rings. The van der Waals surface area contributed by atoms with Gasteiger partial charge in [-0.15, -0.1) is 0 Å². The number of anilines is 1. The SMILES string of the molecule is O=C(c1ccc(Cl)cc1)N1CC(=O)N(Cc2ccc(CN3CCN(C4CCCCC4)CC3)cc2)c2ccccc2C1. The molecule has 41 heavy (non-hydrogen) atoms. The fourth-order valence-corrected chi connectivity index (χ4v) is 6.69. The Kier molecular flexibility index (Phi) is 8.70. The van der Waals surface area contributed by atoms with Crippen LogP contribution in [0.4, 0.5) is 5.69 Å². The van der Waals surface area contributed by atoms with Crippen molar-refractivity contribution < 1.29 is 9.59 Å². The first-order chi connectivity index (χ1) is 20.0. The van der Waals surface area contributed by atoms with Crippen molar-refractivity contribution in [1.29, 1.82) is 0 Å². The zero-order valence-electron chi connectivity index (χ0n) is 23.7. The van der Waals surface area contributed by atoms with Crippen molar-refractivity contribution in [3.8, 4) is 0 Å². The maximum absolute atomic E-state index is 13.6. The lowest BCUT2D eigenvalue weighted by Gasteiger charge is -2.40. The monoisotopic (exact) mass is 570 g/mol. The molecule has 7 heteroatoms. The maximum atomic E-state index is 13.6. The highest BCUT2D eigenvalue weighted by Gasteiger charge is 2.29. The molecule has 6 nitrogen and oxygen atoms in total. The summed E-state index contributed by atoms with van der Waals surface area (Å²) >= 11 is 6.02. The summed E-state index contributed by atoms with van der Waals surface area (Å²) in [6, 6.07) is 24.2. The Hall–Kier alpha value is -3.19. The van der Waals surface area contributed by atoms with E-state index in [0.717, 1.165) is 42.5 Å². The molecule has 0 N–H and O–H groups in total. The topological polar surface area (TPSA) is 47.1 Å². The Balaban J connectivity index is 1.09. The van der Waals surface area contributed by atoms with Crippen molar-refractivity contribution in [2.24, 2.45) is 0 Å². The van der Waals surface area contributed by atoms with Crippen LogP contribution in [0, 0.1) is 0 Å². The first kappa shape index (κ1) is 28.0. The molecule has 0 aromatic heterocycles. The van der Waals surface area contributed by atoms with Crippen molar-refractivity contribution >= 4 is 29.1 Å². The molecular weight excluding hydrogens is 532 g/mol. The van der Waals surface area contributed by atoms with Gasteiger partial charge in [0.2, 0.25) is 5.91 Å². The summed E-state index contributed by atoms with van der Waals surface area (Å²) < 4.78 is 0. The Labute approximate surface area is 248 Å². The van der Waals surface area contributed by atoms with E-state index in [9.17, 15) is 9.59 Å². The number of rotatable bonds is 6. The van der Waals surface area contributed by atoms with Gasteiger partial charge >= 0.3 is 0 Å². The van der Waals surface area contributed by atoms with Gasteiger partial charge < -0.3 is 9.80 Å². The number of carbonyl (C=O) groups excluding carboxylic acids is 2. The lowest BCUT2D eigenvalue weighted by molar-refractivity contribution is -0.119. The summed E-state index contributed by atoms with van der Waals surface area (Å²) in [6.45, 7) is 6.46. The van der Waals surface area contributed by atoms with Crippen LogP contribution < -0.4 is 4.90 Å². The van der Waals surface area contributed by atoms with E-state index in [0.29, 0.717) is 23.7 Å². The summed E-state index contributed by atoms with van der Waals surface area (Å²) in [4.78, 5) is 35.6. The molecule has 6 rings (SSSR count). The smallest absolute Gasteiger partial charge is 0.254 e. The number of piperazine rings is 1. The van der Waals surface area contributed by atoms with E-state index < -0.39 is 0 Å². The number of carbonyl (C=O) groups is 2. The van der Waals surface area contributed by atoms with Gasteiger partial charge in [-0.2, -0.15) is 0 Å². The van der Waals surface area contributed by atoms with Gasteiger partial charge in [-0.1, -0.05) is 73.3 Å². The minimum absolute atomic E-state index is 0.0288. The highest BCUT2D eigenvalue weighted by atomic mass is 35.5. The molecule has 0 unspecified atom stereocenters. The van der Waals surface area contributed by atoms with E-state index in [1.165, 1.54) is 50.8 Å². The predicted molar refractivity (Wildman–Crippen MR) is 164 cm³/mol. The minimum Gasteiger partial charge on any atom is -0.325 e. The van der Waals surface area contributed by atoms with Gasteiger partial charge in [0.1, 0.15) is 6.54 Å². The average molecular weight is 571 g/mol. The fourth-order valence-electron chi connectivity index (χ4n) is 6.57. The van der Waals surface area contributed by atoms with Gasteiger partial charge in [-0.05, 0) is 59.9 Å². The lowest BCUT2D eigenvalue weighted by atomic mass is 9.94. The number of para-hydroxylation sites is 1. The van der Waals surface area contributed by atoms with Crippen molar-refractivity contribution in [2.45, 2.75) is 57.8 Å². The van der Waals surface area contributed by atoms with Crippen LogP contribution in [-0.4, -0.2) is 65.3 Å². The van der Waals surface area contributed by atoms with Crippen LogP contribution >= 0.6 is 11.6 Å². The number of benzene rings is 3. The van der Waals surface area contributed by atoms with Gasteiger partial charge in [0.15, 0.2) is 0 Å². The summed E-state index contributed by atoms with van der Waals surface area (Å²) in [6.07, 6.45) is 6.95. The molecule has 1 saturated heterocycles. The van der Waals surface area contributed by atoms with Crippen molar-refractivity contribution in [2.75, 3.05) is 37.6 Å². The van der Waals surface area contributed by atoms with E-state index in [4.69, 9.17) is 11.6 Å². The summed E-state index contributed by atoms with van der Waals surface area (Å²) in [5.74, 6) is -0.257. The van der Waals surface area contributed by atoms with Crippen molar-refractivity contribution in [3.05, 3.63) is 100 Å². The third-order valence-corrected chi connectivity index (χ3v) is 9.17. The van der Waals surface area contributed by atoms with E-state index in [1.807, 2.05) is 29.2 Å². The second-order valence-corrected chi connectivity index (χ2v) is 12.1. The number of amides is 2. The van der Waals surface area contributed by atoms with Crippen LogP contribution in [0.3, 0.4) is 0 Å². The van der Waals surface area contributed by atoms with E-state index >= 15 is 0 Å². The third-order valence-electron chi connectivity index (χ3n) is 8.92. The maximum Gasteiger partial charge on any atom is 0.254 e. The van der Waals surface area contributed by atoms with Gasteiger partial charge in [-0.25, -0.2) is 0 Å². The summed E-state index contributed by atoms with van der Waals surface area (Å²) in [5.41, 5.74) is 4.74. The Morgan fingerprint density at radius 3 is 2.12 bits per heavy atom. The quantitative estimate of drug-likeness (QED) is 0.366. The Morgan fingerprint density at radius 2 is 1.41 bits per heavy atom. The standard InChI is InChI=1S/C34H39ClN4O2/c35-30-16-14-28(15-17-30)34(41)38-24-29-6-4-5-9-32(29)39(33(40)25-38)23-27-12-10-26(11-13-27)22-36-18-20-37(21-19-36)31-7-2-1-3-8-31/h4-6,9-17,31H,1-3,7-8,18-25H2. The molecule has 2 fully saturated rings. The van der Waals surface area contributed by atoms with Gasteiger partial charge in [0.25, 0.3) is 5.91 Å². The van der Waals surface area contributed by atoms with Crippen molar-refractivity contribution in [1.82, 2.24) is 14.7 Å². The molecule has 0 spiro atoms. The van der Waals surface area contributed by atoms with Crippen molar-refractivity contribution in [3.63, 3.8) is 0 Å². The summed E-state index contributed by atoms with van der Waals surface area (Å²) in [7, 11) is 0. The zero-order valence-corrected chi connectivity index (χ0v) is 24.4. The number of nitrogens with zero attached hydrogens (tertiary/aromatic N) is 4. The van der Waals surface area contributed by atoms with Crippen LogP contribution in [0.2, 0.25) is 5.02 Å². The van der Waals surface area contributed by atoms with Crippen LogP contribution in [0.1, 0.15) is 59.2 Å². The van der Waals surface area contributed by atoms with Crippen LogP contribution in [-0.2, 0) is 24.4 Å². The van der Waals surface area contributed by atoms with Gasteiger partial charge in [-0.3, -0.25) is 19.4 Å². The van der Waals surface area contributed by atoms with Gasteiger partial charge in [0.05, 0.1) is 6.54 Å². The molecule has 0 radical (unpaired) electrons. The number of hydrogen-bond acceptors (Lipinski definition) is 4. The van der Waals surface area contributed by atoms with Crippen LogP contribution in [0.25, 0.3) is 0 Å². The molecular formula is C34H39ClN4O2. The van der Waals surface area contributed by atoms with E-state index in [1.54, 1.807) is 29.2 Å². The first-order valence-corrected chi connectivity index (χ1v) is 15.4. The van der Waals surface area contributed by atoms with Crippen LogP contribution in [0.5, 0.6) is 0 Å². The molecule has 3 aromatic carbocycles. The van der Waals surface area contributed by atoms with Crippen LogP contribution in [0.15, 0.2) is 72.8 Å². The molecule has 0 atom stereocenters. The molecule has 3 aliphatic rings. The molecule has 1 aliphatic carbocycles. The highest BCUT2D eigenvalue weighted by molar-refractivity contribution is 6.30. The minimum atomic E-state index is -0.171. The molecule has 2 heterocycles. The largest absolute Gasteiger partial charge is 0.325 e. The Morgan fingerprint density at radius 1 is 0.756 bits per heavy atom. The highest BCUT2D eigenvalue weighted by Crippen LogP contribution is 2.29. The third kappa shape index (κ3) is 6.66. The average Bonchev–Trinajstić information content (AvgIpc) is 3.15.